The fourth-order valence-corrected chi connectivity index (χ4v) is 5.40. The second kappa shape index (κ2) is 9.02. The largest absolute Gasteiger partial charge is 0.369 e. The first-order valence-electron chi connectivity index (χ1n) is 11.1. The molecule has 3 amide bonds. The first kappa shape index (κ1) is 21.7. The summed E-state index contributed by atoms with van der Waals surface area (Å²) in [7, 11) is 0. The molecule has 0 radical (unpaired) electrons. The van der Waals surface area contributed by atoms with Crippen LogP contribution in [0.2, 0.25) is 0 Å². The van der Waals surface area contributed by atoms with E-state index in [0.717, 1.165) is 54.6 Å². The van der Waals surface area contributed by atoms with E-state index in [9.17, 15) is 18.8 Å². The number of benzene rings is 2. The first-order valence-corrected chi connectivity index (χ1v) is 12.0. The molecule has 2 aromatic rings. The van der Waals surface area contributed by atoms with Crippen LogP contribution < -0.4 is 4.90 Å². The number of anilines is 1. The molecule has 33 heavy (non-hydrogen) atoms. The van der Waals surface area contributed by atoms with Crippen LogP contribution in [0.4, 0.5) is 14.9 Å². The van der Waals surface area contributed by atoms with Gasteiger partial charge in [-0.2, -0.15) is 0 Å². The Balaban J connectivity index is 1.27. The lowest BCUT2D eigenvalue weighted by Crippen LogP contribution is -2.44. The van der Waals surface area contributed by atoms with E-state index < -0.39 is 11.1 Å². The first-order chi connectivity index (χ1) is 16.0. The SMILES string of the molecule is O=C(CN1C(=O)S/C(=C\c2ccc(N3CCCC3)c(F)c2)C1=O)N1CCc2ccccc2C1. The standard InChI is InChI=1S/C25H24FN3O3S/c26-20-13-17(7-8-21(20)27-10-3-4-11-27)14-22-24(31)29(25(32)33-22)16-23(30)28-12-9-18-5-1-2-6-19(18)15-28/h1-2,5-8,13-14H,3-4,9-12,15-16H2/b22-14-. The summed E-state index contributed by atoms with van der Waals surface area (Å²) >= 11 is 0.784. The number of thioether (sulfide) groups is 1. The van der Waals surface area contributed by atoms with Crippen molar-refractivity contribution in [3.8, 4) is 0 Å². The molecule has 0 aliphatic carbocycles. The third kappa shape index (κ3) is 4.39. The van der Waals surface area contributed by atoms with E-state index in [0.29, 0.717) is 24.3 Å². The van der Waals surface area contributed by atoms with Crippen LogP contribution >= 0.6 is 11.8 Å². The highest BCUT2D eigenvalue weighted by Crippen LogP contribution is 2.33. The van der Waals surface area contributed by atoms with Gasteiger partial charge in [-0.05, 0) is 65.9 Å². The van der Waals surface area contributed by atoms with Gasteiger partial charge in [-0.3, -0.25) is 19.3 Å². The van der Waals surface area contributed by atoms with Crippen molar-refractivity contribution in [1.82, 2.24) is 9.80 Å². The highest BCUT2D eigenvalue weighted by Gasteiger charge is 2.37. The number of carbonyl (C=O) groups excluding carboxylic acids is 3. The minimum absolute atomic E-state index is 0.199. The van der Waals surface area contributed by atoms with Crippen molar-refractivity contribution in [3.63, 3.8) is 0 Å². The summed E-state index contributed by atoms with van der Waals surface area (Å²) < 4.78 is 14.6. The van der Waals surface area contributed by atoms with Crippen LogP contribution in [0.3, 0.4) is 0 Å². The van der Waals surface area contributed by atoms with Crippen molar-refractivity contribution in [2.45, 2.75) is 25.8 Å². The molecule has 170 valence electrons. The fraction of sp³-hybridized carbons (Fsp3) is 0.320. The van der Waals surface area contributed by atoms with Gasteiger partial charge in [0.2, 0.25) is 5.91 Å². The Morgan fingerprint density at radius 1 is 1.03 bits per heavy atom. The molecule has 0 bridgehead atoms. The summed E-state index contributed by atoms with van der Waals surface area (Å²) in [5.74, 6) is -1.11. The Hall–Kier alpha value is -3.13. The predicted molar refractivity (Wildman–Crippen MR) is 126 cm³/mol. The van der Waals surface area contributed by atoms with Gasteiger partial charge in [-0.15, -0.1) is 0 Å². The Morgan fingerprint density at radius 2 is 1.79 bits per heavy atom. The normalized spacial score (nSPS) is 19.5. The minimum Gasteiger partial charge on any atom is -0.369 e. The number of hydrogen-bond donors (Lipinski definition) is 0. The monoisotopic (exact) mass is 465 g/mol. The third-order valence-corrected chi connectivity index (χ3v) is 7.27. The van der Waals surface area contributed by atoms with Crippen molar-refractivity contribution in [1.29, 1.82) is 0 Å². The maximum atomic E-state index is 14.6. The highest BCUT2D eigenvalue weighted by atomic mass is 32.2. The molecule has 8 heteroatoms. The highest BCUT2D eigenvalue weighted by molar-refractivity contribution is 8.18. The summed E-state index contributed by atoms with van der Waals surface area (Å²) in [5, 5.41) is -0.480. The Morgan fingerprint density at radius 3 is 2.55 bits per heavy atom. The molecule has 0 saturated carbocycles. The summed E-state index contributed by atoms with van der Waals surface area (Å²) in [4.78, 5) is 43.0. The summed E-state index contributed by atoms with van der Waals surface area (Å²) in [6, 6.07) is 12.8. The van der Waals surface area contributed by atoms with Crippen LogP contribution in [-0.2, 0) is 22.6 Å². The molecule has 6 nitrogen and oxygen atoms in total. The van der Waals surface area contributed by atoms with E-state index in [1.54, 1.807) is 17.0 Å². The lowest BCUT2D eigenvalue weighted by Gasteiger charge is -2.29. The number of carbonyl (C=O) groups is 3. The topological polar surface area (TPSA) is 60.9 Å². The van der Waals surface area contributed by atoms with Gasteiger partial charge in [-0.25, -0.2) is 4.39 Å². The van der Waals surface area contributed by atoms with E-state index in [-0.39, 0.29) is 23.2 Å². The number of halogens is 1. The van der Waals surface area contributed by atoms with Gasteiger partial charge in [0.05, 0.1) is 10.6 Å². The average molecular weight is 466 g/mol. The van der Waals surface area contributed by atoms with Gasteiger partial charge in [0.1, 0.15) is 12.4 Å². The Labute approximate surface area is 196 Å². The van der Waals surface area contributed by atoms with Crippen LogP contribution in [-0.4, -0.2) is 53.0 Å². The van der Waals surface area contributed by atoms with E-state index in [1.165, 1.54) is 17.7 Å². The van der Waals surface area contributed by atoms with Crippen LogP contribution in [0.5, 0.6) is 0 Å². The van der Waals surface area contributed by atoms with Crippen LogP contribution in [0, 0.1) is 5.82 Å². The number of rotatable bonds is 4. The molecule has 0 aromatic heterocycles. The quantitative estimate of drug-likeness (QED) is 0.638. The smallest absolute Gasteiger partial charge is 0.294 e. The van der Waals surface area contributed by atoms with E-state index in [1.807, 2.05) is 23.1 Å². The molecule has 0 unspecified atom stereocenters. The molecule has 5 rings (SSSR count). The minimum atomic E-state index is -0.514. The molecular weight excluding hydrogens is 441 g/mol. The van der Waals surface area contributed by atoms with Gasteiger partial charge in [0.15, 0.2) is 0 Å². The van der Waals surface area contributed by atoms with Gasteiger partial charge in [0.25, 0.3) is 11.1 Å². The van der Waals surface area contributed by atoms with Crippen molar-refractivity contribution < 1.29 is 18.8 Å². The van der Waals surface area contributed by atoms with Crippen LogP contribution in [0.25, 0.3) is 6.08 Å². The van der Waals surface area contributed by atoms with Crippen LogP contribution in [0.15, 0.2) is 47.4 Å². The average Bonchev–Trinajstić information content (AvgIpc) is 3.43. The number of amides is 3. The molecule has 3 aliphatic heterocycles. The zero-order valence-corrected chi connectivity index (χ0v) is 18.9. The van der Waals surface area contributed by atoms with Gasteiger partial charge < -0.3 is 9.80 Å². The second-order valence-electron chi connectivity index (χ2n) is 8.51. The number of imide groups is 1. The lowest BCUT2D eigenvalue weighted by molar-refractivity contribution is -0.136. The molecular formula is C25H24FN3O3S. The van der Waals surface area contributed by atoms with Crippen molar-refractivity contribution in [3.05, 3.63) is 69.9 Å². The van der Waals surface area contributed by atoms with Crippen molar-refractivity contribution in [2.24, 2.45) is 0 Å². The Bertz CT molecular complexity index is 1160. The van der Waals surface area contributed by atoms with Crippen molar-refractivity contribution >= 4 is 40.6 Å². The number of hydrogen-bond acceptors (Lipinski definition) is 5. The molecule has 3 aliphatic rings. The molecule has 2 aromatic carbocycles. The molecule has 0 spiro atoms. The number of nitrogens with zero attached hydrogens (tertiary/aromatic N) is 3. The van der Waals surface area contributed by atoms with E-state index in [4.69, 9.17) is 0 Å². The summed E-state index contributed by atoms with van der Waals surface area (Å²) in [5.41, 5.74) is 3.38. The molecule has 0 atom stereocenters. The molecule has 2 saturated heterocycles. The van der Waals surface area contributed by atoms with E-state index in [2.05, 4.69) is 6.07 Å². The predicted octanol–water partition coefficient (Wildman–Crippen LogP) is 4.05. The zero-order valence-electron chi connectivity index (χ0n) is 18.1. The van der Waals surface area contributed by atoms with Crippen molar-refractivity contribution in [2.75, 3.05) is 31.1 Å². The zero-order chi connectivity index (χ0) is 22.9. The Kier molecular flexibility index (Phi) is 5.93. The molecule has 2 fully saturated rings. The lowest BCUT2D eigenvalue weighted by atomic mass is 10.00. The molecule has 0 N–H and O–H groups in total. The van der Waals surface area contributed by atoms with Gasteiger partial charge in [-0.1, -0.05) is 30.3 Å². The summed E-state index contributed by atoms with van der Waals surface area (Å²) in [6.07, 6.45) is 4.38. The fourth-order valence-electron chi connectivity index (χ4n) is 4.56. The maximum absolute atomic E-state index is 14.6. The summed E-state index contributed by atoms with van der Waals surface area (Å²) in [6.45, 7) is 2.43. The molecule has 3 heterocycles. The van der Waals surface area contributed by atoms with Gasteiger partial charge in [0, 0.05) is 26.2 Å². The van der Waals surface area contributed by atoms with Crippen LogP contribution in [0.1, 0.15) is 29.5 Å². The third-order valence-electron chi connectivity index (χ3n) is 6.37. The number of fused-ring (bicyclic) bond motifs is 1. The van der Waals surface area contributed by atoms with Gasteiger partial charge >= 0.3 is 0 Å². The maximum Gasteiger partial charge on any atom is 0.294 e. The second-order valence-corrected chi connectivity index (χ2v) is 9.50. The van der Waals surface area contributed by atoms with E-state index >= 15 is 0 Å².